The molecule has 10 heteroatoms. The molecule has 0 atom stereocenters. The lowest BCUT2D eigenvalue weighted by atomic mass is 9.92. The SMILES string of the molecule is O=C1CCCCCCCC(=O)Sc2ccccc2[C+]2c3ccc([nH]3)[C+](Br)c3ccc([nH]3)[C+](c3ccc([nH]3)[C+](Br)c3ccc2[nH]3)c2ccccc2S1. The number of nitrogens with one attached hydrogen (secondary N) is 4. The van der Waals surface area contributed by atoms with Crippen LogP contribution in [0.25, 0.3) is 0 Å². The summed E-state index contributed by atoms with van der Waals surface area (Å²) in [6.07, 6.45) is 5.65. The van der Waals surface area contributed by atoms with Crippen molar-refractivity contribution in [3.05, 3.63) is 175 Å². The summed E-state index contributed by atoms with van der Waals surface area (Å²) in [4.78, 5) is 45.1. The minimum Gasteiger partial charge on any atom is -0.317 e. The number of benzene rings is 2. The van der Waals surface area contributed by atoms with Gasteiger partial charge in [-0.2, -0.15) is 0 Å². The Morgan fingerprint density at radius 1 is 0.431 bits per heavy atom. The Kier molecular flexibility index (Phi) is 10.0. The van der Waals surface area contributed by atoms with Crippen LogP contribution in [-0.4, -0.2) is 30.2 Å². The maximum Gasteiger partial charge on any atom is 0.201 e. The number of carbonyl (C=O) groups is 2. The number of hydrogen-bond donors (Lipinski definition) is 4. The number of fused-ring (bicyclic) bond motifs is 10. The van der Waals surface area contributed by atoms with Gasteiger partial charge in [0.15, 0.2) is 32.4 Å². The van der Waals surface area contributed by atoms with Gasteiger partial charge in [0.05, 0.1) is 69.4 Å². The summed E-state index contributed by atoms with van der Waals surface area (Å²) in [5, 5.41) is 0.312. The molecule has 0 saturated carbocycles. The van der Waals surface area contributed by atoms with Crippen LogP contribution in [0.1, 0.15) is 102 Å². The summed E-state index contributed by atoms with van der Waals surface area (Å²) < 4.78 is 0. The third-order valence-electron chi connectivity index (χ3n) is 9.29. The minimum absolute atomic E-state index is 0.156. The molecule has 4 aromatic heterocycles. The van der Waals surface area contributed by atoms with E-state index in [1.807, 2.05) is 36.4 Å². The fraction of sp³-hybridized carbons (Fsp3) is 0.171. The van der Waals surface area contributed by atoms with Crippen molar-refractivity contribution in [1.29, 1.82) is 0 Å². The van der Waals surface area contributed by atoms with Gasteiger partial charge in [-0.3, -0.25) is 9.59 Å². The molecule has 0 saturated heterocycles. The molecule has 0 aliphatic carbocycles. The summed E-state index contributed by atoms with van der Waals surface area (Å²) in [6, 6.07) is 33.0. The molecule has 0 amide bonds. The lowest BCUT2D eigenvalue weighted by Crippen LogP contribution is -2.10. The van der Waals surface area contributed by atoms with Crippen LogP contribution in [0.2, 0.25) is 0 Å². The van der Waals surface area contributed by atoms with E-state index in [4.69, 9.17) is 0 Å². The zero-order chi connectivity index (χ0) is 34.9. The number of aromatic amines is 4. The molecule has 0 radical (unpaired) electrons. The highest BCUT2D eigenvalue weighted by Gasteiger charge is 2.38. The zero-order valence-electron chi connectivity index (χ0n) is 27.6. The van der Waals surface area contributed by atoms with Gasteiger partial charge in [-0.25, -0.2) is 0 Å². The van der Waals surface area contributed by atoms with Crippen molar-refractivity contribution in [2.75, 3.05) is 0 Å². The van der Waals surface area contributed by atoms with Crippen molar-refractivity contribution in [2.24, 2.45) is 0 Å². The average molecular weight is 839 g/mol. The quantitative estimate of drug-likeness (QED) is 0.115. The topological polar surface area (TPSA) is 97.3 Å². The van der Waals surface area contributed by atoms with Crippen LogP contribution in [0.4, 0.5) is 0 Å². The van der Waals surface area contributed by atoms with E-state index in [1.54, 1.807) is 0 Å². The number of carbonyl (C=O) groups excluding carboxylic acids is 2. The summed E-state index contributed by atoms with van der Waals surface area (Å²) in [5.74, 6) is 1.95. The average Bonchev–Trinajstić information content (AvgIpc) is 3.97. The van der Waals surface area contributed by atoms with E-state index in [0.29, 0.717) is 12.8 Å². The van der Waals surface area contributed by atoms with Gasteiger partial charge >= 0.3 is 0 Å². The molecular weight excluding hydrogens is 804 g/mol. The maximum atomic E-state index is 13.4. The Bertz CT molecular complexity index is 1940. The number of H-pyrrole nitrogens is 4. The molecule has 3 aliphatic heterocycles. The first-order valence-corrected chi connectivity index (χ1v) is 20.3. The zero-order valence-corrected chi connectivity index (χ0v) is 32.4. The van der Waals surface area contributed by atoms with Gasteiger partial charge in [-0.05, 0) is 72.8 Å². The van der Waals surface area contributed by atoms with Crippen LogP contribution in [0.5, 0.6) is 0 Å². The molecule has 0 unspecified atom stereocenters. The Labute approximate surface area is 323 Å². The second-order valence-corrected chi connectivity index (χ2v) is 16.5. The standard InChI is InChI=1S/C41H34Br2N4O2S2/c42-40-30-20-16-26(44-30)38-24-10-6-8-12-34(24)50-36(48)14-4-2-1-3-5-15-37(49)51-35-13-9-7-11-25(35)39(28-18-22-32(40)46-28)29-19-23-33(47-29)41(43)31-21-17-27(38)45-31/h6-13,16-23,44-47H,1-5,14-15H2/q+4. The van der Waals surface area contributed by atoms with E-state index in [0.717, 1.165) is 120 Å². The molecule has 252 valence electrons. The molecule has 6 nitrogen and oxygen atoms in total. The molecule has 6 aromatic rings. The highest BCUT2D eigenvalue weighted by Crippen LogP contribution is 2.43. The van der Waals surface area contributed by atoms with Crippen molar-refractivity contribution < 1.29 is 9.59 Å². The van der Waals surface area contributed by atoms with E-state index >= 15 is 0 Å². The van der Waals surface area contributed by atoms with Crippen LogP contribution in [0, 0.1) is 21.5 Å². The van der Waals surface area contributed by atoms with Gasteiger partial charge in [-0.15, -0.1) is 0 Å². The van der Waals surface area contributed by atoms with Gasteiger partial charge in [0, 0.05) is 56.8 Å². The highest BCUT2D eigenvalue weighted by molar-refractivity contribution is 9.11. The summed E-state index contributed by atoms with van der Waals surface area (Å²) in [7, 11) is 0. The van der Waals surface area contributed by atoms with E-state index in [1.165, 1.54) is 23.5 Å². The molecule has 0 spiro atoms. The van der Waals surface area contributed by atoms with Crippen LogP contribution in [0.3, 0.4) is 0 Å². The minimum atomic E-state index is 0.156. The van der Waals surface area contributed by atoms with E-state index in [2.05, 4.69) is 112 Å². The number of aromatic nitrogens is 4. The first-order chi connectivity index (χ1) is 24.9. The van der Waals surface area contributed by atoms with Crippen molar-refractivity contribution in [3.8, 4) is 0 Å². The van der Waals surface area contributed by atoms with Gasteiger partial charge in [0.1, 0.15) is 34.6 Å². The van der Waals surface area contributed by atoms with Gasteiger partial charge < -0.3 is 19.9 Å². The first-order valence-electron chi connectivity index (χ1n) is 17.1. The van der Waals surface area contributed by atoms with Crippen molar-refractivity contribution >= 4 is 65.6 Å². The van der Waals surface area contributed by atoms with Gasteiger partial charge in [-0.1, -0.05) is 19.3 Å². The number of rotatable bonds is 0. The normalized spacial score (nSPS) is 16.0. The van der Waals surface area contributed by atoms with Crippen molar-refractivity contribution in [2.45, 2.75) is 54.7 Å². The van der Waals surface area contributed by atoms with E-state index < -0.39 is 0 Å². The molecule has 7 heterocycles. The lowest BCUT2D eigenvalue weighted by molar-refractivity contribution is -0.111. The predicted molar refractivity (Wildman–Crippen MR) is 212 cm³/mol. The lowest BCUT2D eigenvalue weighted by Gasteiger charge is -2.13. The van der Waals surface area contributed by atoms with E-state index in [9.17, 15) is 9.59 Å². The summed E-state index contributed by atoms with van der Waals surface area (Å²) in [6.45, 7) is 0. The predicted octanol–water partition coefficient (Wildman–Crippen LogP) is 11.0. The molecule has 2 aromatic carbocycles. The van der Waals surface area contributed by atoms with Crippen LogP contribution >= 0.6 is 55.4 Å². The van der Waals surface area contributed by atoms with Crippen molar-refractivity contribution in [1.82, 2.24) is 19.9 Å². The maximum absolute atomic E-state index is 13.4. The van der Waals surface area contributed by atoms with Crippen LogP contribution in [0.15, 0.2) is 107 Å². The van der Waals surface area contributed by atoms with Gasteiger partial charge in [0.25, 0.3) is 0 Å². The molecule has 3 aliphatic rings. The third-order valence-corrected chi connectivity index (χ3v) is 13.0. The highest BCUT2D eigenvalue weighted by atomic mass is 79.9. The fourth-order valence-electron chi connectivity index (χ4n) is 6.78. The Morgan fingerprint density at radius 2 is 0.745 bits per heavy atom. The Hall–Kier alpha value is -3.96. The molecule has 51 heavy (non-hydrogen) atoms. The van der Waals surface area contributed by atoms with E-state index in [-0.39, 0.29) is 10.2 Å². The first kappa shape index (κ1) is 34.1. The third kappa shape index (κ3) is 7.11. The summed E-state index contributed by atoms with van der Waals surface area (Å²) >= 11 is 10.5. The summed E-state index contributed by atoms with van der Waals surface area (Å²) in [5.41, 5.74) is 9.26. The fourth-order valence-corrected chi connectivity index (χ4v) is 9.54. The van der Waals surface area contributed by atoms with Crippen LogP contribution in [-0.2, 0) is 9.59 Å². The molecule has 9 rings (SSSR count). The largest absolute Gasteiger partial charge is 0.317 e. The Morgan fingerprint density at radius 3 is 1.12 bits per heavy atom. The molecule has 10 bridgehead atoms. The van der Waals surface area contributed by atoms with Gasteiger partial charge in [0.2, 0.25) is 10.2 Å². The van der Waals surface area contributed by atoms with Crippen molar-refractivity contribution in [3.63, 3.8) is 0 Å². The number of thioether (sulfide) groups is 2. The molecule has 0 fully saturated rings. The Balaban J connectivity index is 1.31. The second kappa shape index (κ2) is 14.9. The smallest absolute Gasteiger partial charge is 0.201 e. The molecule has 4 N–H and O–H groups in total. The number of hydrogen-bond acceptors (Lipinski definition) is 4. The monoisotopic (exact) mass is 836 g/mol. The number of halogens is 2. The molecular formula is C41H34Br2N4O2S2+4. The van der Waals surface area contributed by atoms with Crippen LogP contribution < -0.4 is 0 Å². The second-order valence-electron chi connectivity index (χ2n) is 12.7.